The lowest BCUT2D eigenvalue weighted by atomic mass is 9.97. The maximum absolute atomic E-state index is 15.2. The van der Waals surface area contributed by atoms with Crippen molar-refractivity contribution in [3.8, 4) is 0 Å². The molecule has 0 aromatic heterocycles. The van der Waals surface area contributed by atoms with Gasteiger partial charge in [0.2, 0.25) is 5.91 Å². The largest absolute Gasteiger partial charge is 0.419 e. The van der Waals surface area contributed by atoms with Gasteiger partial charge in [0, 0.05) is 42.2 Å². The summed E-state index contributed by atoms with van der Waals surface area (Å²) in [6, 6.07) is 8.01. The predicted octanol–water partition coefficient (Wildman–Crippen LogP) is 8.26. The maximum atomic E-state index is 15.2. The fourth-order valence-corrected chi connectivity index (χ4v) is 5.98. The Labute approximate surface area is 268 Å². The van der Waals surface area contributed by atoms with Crippen molar-refractivity contribution in [3.63, 3.8) is 0 Å². The molecule has 45 heavy (non-hydrogen) atoms. The number of anilines is 1. The van der Waals surface area contributed by atoms with Crippen LogP contribution in [0.4, 0.5) is 32.0 Å². The van der Waals surface area contributed by atoms with Crippen LogP contribution in [-0.2, 0) is 33.3 Å². The predicted molar refractivity (Wildman–Crippen MR) is 156 cm³/mol. The molecule has 0 aliphatic heterocycles. The zero-order chi connectivity index (χ0) is 33.4. The summed E-state index contributed by atoms with van der Waals surface area (Å²) in [5.74, 6) is -7.94. The molecule has 1 N–H and O–H groups in total. The lowest BCUT2D eigenvalue weighted by Crippen LogP contribution is -2.24. The van der Waals surface area contributed by atoms with Crippen molar-refractivity contribution in [2.75, 3.05) is 11.9 Å². The number of hydrogen-bond acceptors (Lipinski definition) is 4. The summed E-state index contributed by atoms with van der Waals surface area (Å²) in [5.41, 5.74) is -2.45. The molecule has 3 aromatic rings. The zero-order valence-electron chi connectivity index (χ0n) is 23.5. The normalized spacial score (nSPS) is 17.9. The number of carbonyl (C=O) groups is 3. The number of alkyl halides is 5. The first-order valence-corrected chi connectivity index (χ1v) is 14.6. The second-order valence-corrected chi connectivity index (χ2v) is 12.2. The molecule has 1 saturated carbocycles. The molecule has 3 aromatic carbocycles. The van der Waals surface area contributed by atoms with E-state index in [2.05, 4.69) is 5.32 Å². The molecule has 0 bridgehead atoms. The number of carbonyl (C=O) groups excluding carboxylic acids is 3. The molecule has 5 nitrogen and oxygen atoms in total. The van der Waals surface area contributed by atoms with E-state index in [1.165, 1.54) is 25.1 Å². The zero-order valence-corrected chi connectivity index (χ0v) is 25.8. The van der Waals surface area contributed by atoms with Crippen molar-refractivity contribution in [2.24, 2.45) is 5.92 Å². The molecule has 0 saturated heterocycles. The van der Waals surface area contributed by atoms with Gasteiger partial charge in [-0.1, -0.05) is 23.7 Å². The molecule has 1 aliphatic carbocycles. The number of rotatable bonds is 11. The number of halogens is 9. The number of hydrogen-bond donors (Lipinski definition) is 1. The highest BCUT2D eigenvalue weighted by Crippen LogP contribution is 2.65. The van der Waals surface area contributed by atoms with E-state index < -0.39 is 87.3 Å². The highest BCUT2D eigenvalue weighted by Gasteiger charge is 2.67. The number of ketones is 2. The van der Waals surface area contributed by atoms with Crippen LogP contribution in [0.2, 0.25) is 5.02 Å². The van der Waals surface area contributed by atoms with Crippen molar-refractivity contribution < 1.29 is 45.5 Å². The van der Waals surface area contributed by atoms with Crippen LogP contribution in [-0.4, -0.2) is 34.5 Å². The molecule has 1 fully saturated rings. The van der Waals surface area contributed by atoms with Crippen LogP contribution in [0.5, 0.6) is 0 Å². The topological polar surface area (TPSA) is 72.5 Å². The minimum absolute atomic E-state index is 0.0356. The van der Waals surface area contributed by atoms with Gasteiger partial charge in [0.15, 0.2) is 11.6 Å². The van der Waals surface area contributed by atoms with E-state index in [0.29, 0.717) is 12.1 Å². The number of benzene rings is 3. The number of nitrogens with one attached hydrogen (secondary N) is 1. The van der Waals surface area contributed by atoms with Gasteiger partial charge in [-0.2, -0.15) is 13.2 Å². The average molecular weight is 695 g/mol. The Balaban J connectivity index is 1.51. The Bertz CT molecular complexity index is 1660. The fourth-order valence-electron chi connectivity index (χ4n) is 4.93. The summed E-state index contributed by atoms with van der Waals surface area (Å²) in [4.78, 5) is 38.5. The third-order valence-electron chi connectivity index (χ3n) is 7.36. The van der Waals surface area contributed by atoms with Gasteiger partial charge in [-0.15, -0.1) is 23.2 Å². The lowest BCUT2D eigenvalue weighted by Gasteiger charge is -2.13. The van der Waals surface area contributed by atoms with Gasteiger partial charge < -0.3 is 10.1 Å². The van der Waals surface area contributed by atoms with Crippen LogP contribution in [0.3, 0.4) is 0 Å². The highest BCUT2D eigenvalue weighted by molar-refractivity contribution is 6.53. The van der Waals surface area contributed by atoms with Gasteiger partial charge in [0.1, 0.15) is 27.9 Å². The van der Waals surface area contributed by atoms with E-state index in [9.17, 15) is 36.3 Å². The molecule has 1 aliphatic rings. The summed E-state index contributed by atoms with van der Waals surface area (Å²) in [5, 5.41) is 2.43. The molecule has 240 valence electrons. The van der Waals surface area contributed by atoms with Crippen LogP contribution in [0.25, 0.3) is 0 Å². The van der Waals surface area contributed by atoms with Gasteiger partial charge in [0.05, 0.1) is 16.5 Å². The summed E-state index contributed by atoms with van der Waals surface area (Å²) in [6.07, 6.45) is -7.05. The third-order valence-corrected chi connectivity index (χ3v) is 8.63. The smallest absolute Gasteiger partial charge is 0.371 e. The lowest BCUT2D eigenvalue weighted by molar-refractivity contribution is -0.140. The Hall–Kier alpha value is -3.12. The number of amides is 1. The monoisotopic (exact) mass is 693 g/mol. The van der Waals surface area contributed by atoms with E-state index in [1.807, 2.05) is 0 Å². The molecule has 0 heterocycles. The molecule has 4 rings (SSSR count). The molecular weight excluding hydrogens is 671 g/mol. The first-order chi connectivity index (χ1) is 21.0. The second kappa shape index (κ2) is 13.3. The third kappa shape index (κ3) is 7.48. The van der Waals surface area contributed by atoms with E-state index in [0.717, 1.165) is 18.2 Å². The number of ether oxygens (including phenoxy) is 1. The van der Waals surface area contributed by atoms with E-state index >= 15 is 4.39 Å². The van der Waals surface area contributed by atoms with Gasteiger partial charge >= 0.3 is 6.18 Å². The van der Waals surface area contributed by atoms with Crippen molar-refractivity contribution in [3.05, 3.63) is 98.8 Å². The van der Waals surface area contributed by atoms with Crippen LogP contribution in [0.15, 0.2) is 48.5 Å². The minimum atomic E-state index is -4.99. The van der Waals surface area contributed by atoms with E-state index in [1.54, 1.807) is 6.92 Å². The summed E-state index contributed by atoms with van der Waals surface area (Å²) >= 11 is 18.7. The first-order valence-electron chi connectivity index (χ1n) is 13.4. The van der Waals surface area contributed by atoms with Crippen LogP contribution < -0.4 is 5.32 Å². The van der Waals surface area contributed by atoms with Gasteiger partial charge in [0.25, 0.3) is 0 Å². The van der Waals surface area contributed by atoms with Gasteiger partial charge in [-0.25, -0.2) is 13.2 Å². The van der Waals surface area contributed by atoms with E-state index in [-0.39, 0.29) is 34.0 Å². The van der Waals surface area contributed by atoms with Crippen molar-refractivity contribution in [1.29, 1.82) is 0 Å². The fraction of sp³-hybridized carbons (Fsp3) is 0.323. The standard InChI is InChI=1S/C31H24Cl3F6NO4/c1-3-45-14(2)24(42)13-19-22(35)8-5-16(28(19)37)11-25(43)18-12-17(6-7-21(18)32)41-29(44)27-26(30(27,33)34)15-4-9-23(36)20(10-15)31(38,39)40/h4-10,12,14,26-27H,3,11,13H2,1-2H3,(H,41,44)/t14-,26+,27-/m1/s1. The maximum Gasteiger partial charge on any atom is 0.419 e. The van der Waals surface area contributed by atoms with Crippen molar-refractivity contribution in [1.82, 2.24) is 0 Å². The highest BCUT2D eigenvalue weighted by atomic mass is 35.5. The Morgan fingerprint density at radius 2 is 1.64 bits per heavy atom. The SMILES string of the molecule is CCO[C@H](C)C(=O)Cc1c(F)ccc(CC(=O)c2cc(NC(=O)[C@H]3[C@H](c4ccc(F)c(C(F)(F)F)c4)C3(Cl)Cl)ccc2Cl)c1F. The summed E-state index contributed by atoms with van der Waals surface area (Å²) in [7, 11) is 0. The summed E-state index contributed by atoms with van der Waals surface area (Å²) < 4.78 is 86.4. The first kappa shape index (κ1) is 34.7. The van der Waals surface area contributed by atoms with Crippen LogP contribution in [0, 0.1) is 23.4 Å². The molecule has 0 radical (unpaired) electrons. The molecule has 1 amide bonds. The number of Topliss-reactive ketones (excluding diaryl/α,β-unsaturated/α-hetero) is 2. The Morgan fingerprint density at radius 1 is 0.978 bits per heavy atom. The quantitative estimate of drug-likeness (QED) is 0.125. The van der Waals surface area contributed by atoms with Crippen molar-refractivity contribution >= 4 is 58.0 Å². The minimum Gasteiger partial charge on any atom is -0.371 e. The molecule has 0 unspecified atom stereocenters. The molecule has 3 atom stereocenters. The molecule has 14 heteroatoms. The van der Waals surface area contributed by atoms with Gasteiger partial charge in [-0.05, 0) is 61.4 Å². The average Bonchev–Trinajstić information content (AvgIpc) is 3.54. The second-order valence-electron chi connectivity index (χ2n) is 10.4. The van der Waals surface area contributed by atoms with Crippen LogP contribution in [0.1, 0.15) is 52.4 Å². The van der Waals surface area contributed by atoms with Gasteiger partial charge in [-0.3, -0.25) is 14.4 Å². The van der Waals surface area contributed by atoms with E-state index in [4.69, 9.17) is 39.5 Å². The Morgan fingerprint density at radius 3 is 2.29 bits per heavy atom. The summed E-state index contributed by atoms with van der Waals surface area (Å²) in [6.45, 7) is 3.35. The van der Waals surface area contributed by atoms with Crippen LogP contribution >= 0.6 is 34.8 Å². The Kier molecular flexibility index (Phi) is 10.3. The van der Waals surface area contributed by atoms with Crippen molar-refractivity contribution in [2.45, 2.75) is 49.2 Å². The molecular formula is C31H24Cl3F6NO4. The molecule has 0 spiro atoms.